The Morgan fingerprint density at radius 3 is 3.11 bits per heavy atom. The van der Waals surface area contributed by atoms with E-state index in [1.54, 1.807) is 0 Å². The normalized spacial score (nSPS) is 22.2. The molecule has 1 aromatic carbocycles. The van der Waals surface area contributed by atoms with Crippen LogP contribution in [-0.2, 0) is 6.42 Å². The van der Waals surface area contributed by atoms with Crippen molar-refractivity contribution in [3.63, 3.8) is 0 Å². The quantitative estimate of drug-likeness (QED) is 0.894. The van der Waals surface area contributed by atoms with Gasteiger partial charge in [0.25, 0.3) is 0 Å². The summed E-state index contributed by atoms with van der Waals surface area (Å²) < 4.78 is 10.9. The molecule has 2 heterocycles. The van der Waals surface area contributed by atoms with Gasteiger partial charge in [0.2, 0.25) is 6.79 Å². The standard InChI is InChI=1S/C14H18ClNO2/c1-9-11(5-10-3-2-4-16-7-10)12(15)6-13-14(9)18-8-17-13/h6,10,16H,2-5,7-8H2,1H3. The zero-order chi connectivity index (χ0) is 12.5. The predicted molar refractivity (Wildman–Crippen MR) is 71.6 cm³/mol. The first-order chi connectivity index (χ1) is 8.75. The highest BCUT2D eigenvalue weighted by Gasteiger charge is 2.23. The molecule has 4 heteroatoms. The lowest BCUT2D eigenvalue weighted by molar-refractivity contribution is 0.173. The maximum atomic E-state index is 6.38. The molecular weight excluding hydrogens is 250 g/mol. The Balaban J connectivity index is 1.87. The molecule has 3 nitrogen and oxygen atoms in total. The van der Waals surface area contributed by atoms with Crippen LogP contribution in [0.15, 0.2) is 6.07 Å². The van der Waals surface area contributed by atoms with Crippen LogP contribution in [0.5, 0.6) is 11.5 Å². The summed E-state index contributed by atoms with van der Waals surface area (Å²) in [5, 5.41) is 4.26. The molecule has 0 aliphatic carbocycles. The highest BCUT2D eigenvalue weighted by molar-refractivity contribution is 6.31. The van der Waals surface area contributed by atoms with Gasteiger partial charge in [0, 0.05) is 11.1 Å². The summed E-state index contributed by atoms with van der Waals surface area (Å²) >= 11 is 6.38. The van der Waals surface area contributed by atoms with Crippen LogP contribution >= 0.6 is 11.6 Å². The molecule has 0 spiro atoms. The average Bonchev–Trinajstić information content (AvgIpc) is 2.84. The highest BCUT2D eigenvalue weighted by Crippen LogP contribution is 2.41. The van der Waals surface area contributed by atoms with Gasteiger partial charge in [-0.2, -0.15) is 0 Å². The topological polar surface area (TPSA) is 30.5 Å². The summed E-state index contributed by atoms with van der Waals surface area (Å²) in [6.45, 7) is 4.61. The van der Waals surface area contributed by atoms with Gasteiger partial charge in [-0.3, -0.25) is 0 Å². The van der Waals surface area contributed by atoms with Gasteiger partial charge in [-0.05, 0) is 56.3 Å². The van der Waals surface area contributed by atoms with E-state index in [-0.39, 0.29) is 0 Å². The number of halogens is 1. The fraction of sp³-hybridized carbons (Fsp3) is 0.571. The first-order valence-electron chi connectivity index (χ1n) is 6.54. The molecule has 1 saturated heterocycles. The van der Waals surface area contributed by atoms with Crippen molar-refractivity contribution in [2.45, 2.75) is 26.2 Å². The Bertz CT molecular complexity index is 456. The van der Waals surface area contributed by atoms with Gasteiger partial charge >= 0.3 is 0 Å². The van der Waals surface area contributed by atoms with E-state index in [0.717, 1.165) is 41.6 Å². The monoisotopic (exact) mass is 267 g/mol. The Morgan fingerprint density at radius 1 is 1.44 bits per heavy atom. The fourth-order valence-electron chi connectivity index (χ4n) is 2.84. The van der Waals surface area contributed by atoms with E-state index >= 15 is 0 Å². The lowest BCUT2D eigenvalue weighted by Crippen LogP contribution is -2.31. The molecule has 0 radical (unpaired) electrons. The Hall–Kier alpha value is -0.930. The fourth-order valence-corrected chi connectivity index (χ4v) is 3.16. The van der Waals surface area contributed by atoms with Gasteiger partial charge in [-0.1, -0.05) is 11.6 Å². The van der Waals surface area contributed by atoms with Crippen molar-refractivity contribution in [3.8, 4) is 11.5 Å². The molecule has 1 aromatic rings. The number of piperidine rings is 1. The van der Waals surface area contributed by atoms with E-state index in [9.17, 15) is 0 Å². The summed E-state index contributed by atoms with van der Waals surface area (Å²) in [7, 11) is 0. The van der Waals surface area contributed by atoms with Crippen molar-refractivity contribution < 1.29 is 9.47 Å². The molecule has 3 rings (SSSR count). The molecule has 0 bridgehead atoms. The maximum Gasteiger partial charge on any atom is 0.231 e. The molecule has 1 N–H and O–H groups in total. The van der Waals surface area contributed by atoms with Crippen LogP contribution in [0.4, 0.5) is 0 Å². The van der Waals surface area contributed by atoms with Crippen molar-refractivity contribution in [2.75, 3.05) is 19.9 Å². The second-order valence-corrected chi connectivity index (χ2v) is 5.52. The zero-order valence-corrected chi connectivity index (χ0v) is 11.3. The van der Waals surface area contributed by atoms with E-state index in [1.165, 1.54) is 18.4 Å². The maximum absolute atomic E-state index is 6.38. The van der Waals surface area contributed by atoms with Crippen molar-refractivity contribution in [1.82, 2.24) is 5.32 Å². The third-order valence-electron chi connectivity index (χ3n) is 3.87. The van der Waals surface area contributed by atoms with Gasteiger partial charge in [-0.25, -0.2) is 0 Å². The molecule has 0 amide bonds. The molecular formula is C14H18ClNO2. The number of ether oxygens (including phenoxy) is 2. The van der Waals surface area contributed by atoms with Crippen LogP contribution in [0.25, 0.3) is 0 Å². The summed E-state index contributed by atoms with van der Waals surface area (Å²) in [6.07, 6.45) is 3.55. The number of nitrogens with one attached hydrogen (secondary N) is 1. The third kappa shape index (κ3) is 2.17. The van der Waals surface area contributed by atoms with Crippen LogP contribution in [-0.4, -0.2) is 19.9 Å². The van der Waals surface area contributed by atoms with E-state index in [0.29, 0.717) is 12.7 Å². The van der Waals surface area contributed by atoms with Crippen LogP contribution in [0.3, 0.4) is 0 Å². The molecule has 1 atom stereocenters. The molecule has 98 valence electrons. The van der Waals surface area contributed by atoms with Crippen LogP contribution in [0.2, 0.25) is 5.02 Å². The van der Waals surface area contributed by atoms with Crippen molar-refractivity contribution >= 4 is 11.6 Å². The highest BCUT2D eigenvalue weighted by atomic mass is 35.5. The minimum atomic E-state index is 0.306. The largest absolute Gasteiger partial charge is 0.454 e. The van der Waals surface area contributed by atoms with E-state index < -0.39 is 0 Å². The third-order valence-corrected chi connectivity index (χ3v) is 4.21. The van der Waals surface area contributed by atoms with Gasteiger partial charge < -0.3 is 14.8 Å². The minimum Gasteiger partial charge on any atom is -0.454 e. The van der Waals surface area contributed by atoms with Crippen LogP contribution in [0, 0.1) is 12.8 Å². The lowest BCUT2D eigenvalue weighted by Gasteiger charge is -2.24. The SMILES string of the molecule is Cc1c(CC2CCCNC2)c(Cl)cc2c1OCO2. The van der Waals surface area contributed by atoms with Gasteiger partial charge in [-0.15, -0.1) is 0 Å². The second kappa shape index (κ2) is 4.98. The second-order valence-electron chi connectivity index (χ2n) is 5.11. The Labute approximate surface area is 112 Å². The van der Waals surface area contributed by atoms with Gasteiger partial charge in [0.15, 0.2) is 11.5 Å². The van der Waals surface area contributed by atoms with E-state index in [1.807, 2.05) is 6.07 Å². The average molecular weight is 268 g/mol. The molecule has 18 heavy (non-hydrogen) atoms. The molecule has 1 fully saturated rings. The Morgan fingerprint density at radius 2 is 2.33 bits per heavy atom. The summed E-state index contributed by atoms with van der Waals surface area (Å²) in [5.74, 6) is 2.33. The summed E-state index contributed by atoms with van der Waals surface area (Å²) in [4.78, 5) is 0. The first kappa shape index (κ1) is 12.1. The lowest BCUT2D eigenvalue weighted by atomic mass is 9.90. The van der Waals surface area contributed by atoms with Crippen molar-refractivity contribution in [2.24, 2.45) is 5.92 Å². The summed E-state index contributed by atoms with van der Waals surface area (Å²) in [5.41, 5.74) is 2.36. The molecule has 0 saturated carbocycles. The smallest absolute Gasteiger partial charge is 0.231 e. The van der Waals surface area contributed by atoms with E-state index in [4.69, 9.17) is 21.1 Å². The molecule has 0 aromatic heterocycles. The van der Waals surface area contributed by atoms with Crippen molar-refractivity contribution in [1.29, 1.82) is 0 Å². The molecule has 1 unspecified atom stereocenters. The minimum absolute atomic E-state index is 0.306. The number of hydrogen-bond acceptors (Lipinski definition) is 3. The first-order valence-corrected chi connectivity index (χ1v) is 6.92. The molecule has 2 aliphatic rings. The predicted octanol–water partition coefficient (Wildman–Crippen LogP) is 2.92. The zero-order valence-electron chi connectivity index (χ0n) is 10.6. The van der Waals surface area contributed by atoms with E-state index in [2.05, 4.69) is 12.2 Å². The van der Waals surface area contributed by atoms with Gasteiger partial charge in [0.05, 0.1) is 0 Å². The molecule has 2 aliphatic heterocycles. The number of benzene rings is 1. The summed E-state index contributed by atoms with van der Waals surface area (Å²) in [6, 6.07) is 1.89. The van der Waals surface area contributed by atoms with Crippen LogP contribution in [0.1, 0.15) is 24.0 Å². The Kier molecular flexibility index (Phi) is 3.35. The van der Waals surface area contributed by atoms with Crippen molar-refractivity contribution in [3.05, 3.63) is 22.2 Å². The van der Waals surface area contributed by atoms with Crippen LogP contribution < -0.4 is 14.8 Å². The van der Waals surface area contributed by atoms with Gasteiger partial charge in [0.1, 0.15) is 0 Å². The number of rotatable bonds is 2. The number of fused-ring (bicyclic) bond motifs is 1. The number of hydrogen-bond donors (Lipinski definition) is 1.